The van der Waals surface area contributed by atoms with Crippen LogP contribution in [0.5, 0.6) is 5.75 Å². The molecule has 8 heteroatoms. The fourth-order valence-electron chi connectivity index (χ4n) is 2.73. The largest absolute Gasteiger partial charge is 0.505 e. The molecule has 0 atom stereocenters. The van der Waals surface area contributed by atoms with E-state index in [4.69, 9.17) is 0 Å². The van der Waals surface area contributed by atoms with Gasteiger partial charge in [0.2, 0.25) is 0 Å². The van der Waals surface area contributed by atoms with Crippen molar-refractivity contribution in [1.82, 2.24) is 4.98 Å². The predicted octanol–water partition coefficient (Wildman–Crippen LogP) is 2.59. The lowest BCUT2D eigenvalue weighted by Crippen LogP contribution is -2.24. The molecule has 0 aliphatic carbocycles. The van der Waals surface area contributed by atoms with E-state index in [0.29, 0.717) is 23.7 Å². The zero-order valence-corrected chi connectivity index (χ0v) is 14.7. The van der Waals surface area contributed by atoms with Crippen LogP contribution in [0.1, 0.15) is 21.5 Å². The summed E-state index contributed by atoms with van der Waals surface area (Å²) in [6.45, 7) is 0. The number of methoxy groups -OCH3 is 1. The molecule has 0 fully saturated rings. The van der Waals surface area contributed by atoms with Gasteiger partial charge in [-0.3, -0.25) is 14.6 Å². The quantitative estimate of drug-likeness (QED) is 0.311. The molecule has 28 heavy (non-hydrogen) atoms. The number of nitrogens with zero attached hydrogens (tertiary/aromatic N) is 1. The molecule has 3 rings (SSSR count). The summed E-state index contributed by atoms with van der Waals surface area (Å²) in [5.74, 6) is -2.83. The van der Waals surface area contributed by atoms with Crippen molar-refractivity contribution >= 4 is 34.8 Å². The number of nitrogens with one attached hydrogen (secondary N) is 1. The third-order valence-corrected chi connectivity index (χ3v) is 4.10. The van der Waals surface area contributed by atoms with Crippen LogP contribution in [0.25, 0.3) is 10.9 Å². The summed E-state index contributed by atoms with van der Waals surface area (Å²) in [6, 6.07) is 8.85. The number of esters is 1. The Balaban J connectivity index is 2.07. The molecule has 0 bridgehead atoms. The lowest BCUT2D eigenvalue weighted by atomic mass is 10.0. The maximum atomic E-state index is 13.1. The van der Waals surface area contributed by atoms with Crippen LogP contribution in [0.2, 0.25) is 0 Å². The number of phenolic OH excluding ortho intramolecular Hbond substituents is 1. The first kappa shape index (κ1) is 19.0. The Labute approximate surface area is 158 Å². The number of amides is 1. The lowest BCUT2D eigenvalue weighted by molar-refractivity contribution is -0.150. The molecular formula is C20H15FN2O5. The molecule has 7 nitrogen and oxygen atoms in total. The second-order valence-electron chi connectivity index (χ2n) is 5.97. The highest BCUT2D eigenvalue weighted by Gasteiger charge is 2.19. The normalized spacial score (nSPS) is 10.5. The first-order valence-electron chi connectivity index (χ1n) is 8.16. The maximum Gasteiger partial charge on any atom is 0.396 e. The van der Waals surface area contributed by atoms with Gasteiger partial charge in [0.15, 0.2) is 12.0 Å². The Morgan fingerprint density at radius 3 is 2.57 bits per heavy atom. The average molecular weight is 382 g/mol. The van der Waals surface area contributed by atoms with Crippen molar-refractivity contribution in [3.8, 4) is 5.75 Å². The molecule has 0 unspecified atom stereocenters. The van der Waals surface area contributed by atoms with E-state index in [1.54, 1.807) is 18.2 Å². The van der Waals surface area contributed by atoms with Crippen LogP contribution in [0.3, 0.4) is 0 Å². The number of aromatic nitrogens is 1. The Hall–Kier alpha value is -3.81. The fourth-order valence-corrected chi connectivity index (χ4v) is 2.73. The van der Waals surface area contributed by atoms with Crippen molar-refractivity contribution in [2.75, 3.05) is 12.4 Å². The number of benzene rings is 2. The third kappa shape index (κ3) is 3.80. The fraction of sp³-hybridized carbons (Fsp3) is 0.100. The standard InChI is InChI=1S/C20H15FN2O5/c1-28-20(27)19(26)23-16-8-13(10-24)18(25)17-15(16)7-12(9-22-17)6-11-2-4-14(21)5-3-11/h2-5,7-10,25H,6H2,1H3,(H,23,26). The number of pyridine rings is 1. The van der Waals surface area contributed by atoms with E-state index in [-0.39, 0.29) is 28.3 Å². The Morgan fingerprint density at radius 1 is 1.21 bits per heavy atom. The Morgan fingerprint density at radius 2 is 1.93 bits per heavy atom. The molecule has 0 aliphatic rings. The van der Waals surface area contributed by atoms with Crippen LogP contribution in [0, 0.1) is 5.82 Å². The van der Waals surface area contributed by atoms with E-state index in [0.717, 1.165) is 12.7 Å². The summed E-state index contributed by atoms with van der Waals surface area (Å²) in [4.78, 5) is 38.7. The molecule has 0 saturated carbocycles. The van der Waals surface area contributed by atoms with Gasteiger partial charge in [0.25, 0.3) is 0 Å². The second kappa shape index (κ2) is 7.83. The van der Waals surface area contributed by atoms with Crippen molar-refractivity contribution in [3.05, 3.63) is 65.1 Å². The van der Waals surface area contributed by atoms with Crippen LogP contribution < -0.4 is 5.32 Å². The summed E-state index contributed by atoms with van der Waals surface area (Å²) in [6.07, 6.45) is 2.34. The number of hydrogen-bond donors (Lipinski definition) is 2. The molecule has 0 saturated heterocycles. The van der Waals surface area contributed by atoms with Gasteiger partial charge >= 0.3 is 11.9 Å². The summed E-state index contributed by atoms with van der Waals surface area (Å²) in [5, 5.41) is 12.9. The molecule has 1 amide bonds. The van der Waals surface area contributed by atoms with E-state index in [1.165, 1.54) is 24.4 Å². The first-order chi connectivity index (χ1) is 13.4. The monoisotopic (exact) mass is 382 g/mol. The summed E-state index contributed by atoms with van der Waals surface area (Å²) < 4.78 is 17.4. The van der Waals surface area contributed by atoms with E-state index in [1.807, 2.05) is 0 Å². The number of ether oxygens (including phenoxy) is 1. The Kier molecular flexibility index (Phi) is 5.30. The number of aromatic hydroxyl groups is 1. The predicted molar refractivity (Wildman–Crippen MR) is 98.6 cm³/mol. The van der Waals surface area contributed by atoms with Gasteiger partial charge in [0.05, 0.1) is 18.4 Å². The highest BCUT2D eigenvalue weighted by Crippen LogP contribution is 2.33. The molecule has 0 aliphatic heterocycles. The van der Waals surface area contributed by atoms with Gasteiger partial charge in [-0.2, -0.15) is 0 Å². The number of aldehydes is 1. The van der Waals surface area contributed by atoms with Gasteiger partial charge < -0.3 is 15.2 Å². The van der Waals surface area contributed by atoms with Crippen molar-refractivity contribution in [1.29, 1.82) is 0 Å². The van der Waals surface area contributed by atoms with Crippen LogP contribution in [0.4, 0.5) is 10.1 Å². The molecular weight excluding hydrogens is 367 g/mol. The van der Waals surface area contributed by atoms with Crippen molar-refractivity contribution in [2.24, 2.45) is 0 Å². The van der Waals surface area contributed by atoms with E-state index in [9.17, 15) is 23.9 Å². The SMILES string of the molecule is COC(=O)C(=O)Nc1cc(C=O)c(O)c2ncc(Cc3ccc(F)cc3)cc12. The van der Waals surface area contributed by atoms with Crippen molar-refractivity contribution in [2.45, 2.75) is 6.42 Å². The van der Waals surface area contributed by atoms with Crippen LogP contribution >= 0.6 is 0 Å². The zero-order valence-electron chi connectivity index (χ0n) is 14.7. The second-order valence-corrected chi connectivity index (χ2v) is 5.97. The third-order valence-electron chi connectivity index (χ3n) is 4.10. The lowest BCUT2D eigenvalue weighted by Gasteiger charge is -2.12. The number of rotatable bonds is 4. The molecule has 3 aromatic rings. The smallest absolute Gasteiger partial charge is 0.396 e. The molecule has 0 spiro atoms. The highest BCUT2D eigenvalue weighted by atomic mass is 19.1. The molecule has 1 heterocycles. The highest BCUT2D eigenvalue weighted by molar-refractivity contribution is 6.38. The molecule has 2 N–H and O–H groups in total. The number of carbonyl (C=O) groups is 3. The number of carbonyl (C=O) groups excluding carboxylic acids is 3. The minimum atomic E-state index is -1.11. The zero-order chi connectivity index (χ0) is 20.3. The summed E-state index contributed by atoms with van der Waals surface area (Å²) >= 11 is 0. The molecule has 1 aromatic heterocycles. The summed E-state index contributed by atoms with van der Waals surface area (Å²) in [5.41, 5.74) is 1.67. The van der Waals surface area contributed by atoms with E-state index >= 15 is 0 Å². The first-order valence-corrected chi connectivity index (χ1v) is 8.16. The van der Waals surface area contributed by atoms with Crippen molar-refractivity contribution in [3.63, 3.8) is 0 Å². The van der Waals surface area contributed by atoms with Gasteiger partial charge in [0.1, 0.15) is 11.3 Å². The van der Waals surface area contributed by atoms with Crippen LogP contribution in [-0.4, -0.2) is 35.4 Å². The van der Waals surface area contributed by atoms with Gasteiger partial charge in [-0.1, -0.05) is 12.1 Å². The minimum Gasteiger partial charge on any atom is -0.505 e. The van der Waals surface area contributed by atoms with Crippen LogP contribution in [0.15, 0.2) is 42.6 Å². The average Bonchev–Trinajstić information content (AvgIpc) is 2.71. The number of hydrogen-bond acceptors (Lipinski definition) is 6. The van der Waals surface area contributed by atoms with Gasteiger partial charge in [-0.05, 0) is 41.8 Å². The van der Waals surface area contributed by atoms with Gasteiger partial charge in [0, 0.05) is 11.6 Å². The van der Waals surface area contributed by atoms with Crippen molar-refractivity contribution < 1.29 is 28.6 Å². The van der Waals surface area contributed by atoms with E-state index < -0.39 is 11.9 Å². The van der Waals surface area contributed by atoms with Gasteiger partial charge in [-0.25, -0.2) is 9.18 Å². The number of halogens is 1. The van der Waals surface area contributed by atoms with E-state index in [2.05, 4.69) is 15.0 Å². The number of phenols is 1. The summed E-state index contributed by atoms with van der Waals surface area (Å²) in [7, 11) is 1.07. The molecule has 2 aromatic carbocycles. The maximum absolute atomic E-state index is 13.1. The van der Waals surface area contributed by atoms with Gasteiger partial charge in [-0.15, -0.1) is 0 Å². The molecule has 0 radical (unpaired) electrons. The number of anilines is 1. The van der Waals surface area contributed by atoms with Crippen LogP contribution in [-0.2, 0) is 20.7 Å². The number of fused-ring (bicyclic) bond motifs is 1. The molecule has 142 valence electrons. The minimum absolute atomic E-state index is 0.0904. The Bertz CT molecular complexity index is 1080. The topological polar surface area (TPSA) is 106 Å².